The van der Waals surface area contributed by atoms with Crippen LogP contribution in [0.5, 0.6) is 0 Å². The standard InChI is InChI=1S/C51H32N6/c52-29-34-25-32(21-23-54-34)47-16-7-15-46(56-47)31-19-20-40-44(27-31)51(42-13-5-3-10-37(42)38-11-4-6-14-43(38)51)45-28-41(36-9-1-2-12-39(36)50(40)45)49-18-8-17-48(57-49)33-22-24-55-35(26-33)30-53/h1-28,34,49,54,57H. The Balaban J connectivity index is 1.14. The van der Waals surface area contributed by atoms with Crippen LogP contribution in [-0.2, 0) is 5.41 Å². The number of allylic oxidation sites excluding steroid dienone is 4. The molecule has 0 saturated heterocycles. The van der Waals surface area contributed by atoms with Crippen LogP contribution in [0.15, 0.2) is 170 Å². The van der Waals surface area contributed by atoms with Crippen LogP contribution in [0.1, 0.15) is 50.8 Å². The number of hydrogen-bond donors (Lipinski definition) is 2. The molecular weight excluding hydrogens is 697 g/mol. The highest BCUT2D eigenvalue weighted by molar-refractivity contribution is 6.08. The molecule has 2 N–H and O–H groups in total. The Hall–Kier alpha value is -7.80. The Labute approximate surface area is 330 Å². The molecule has 6 heteroatoms. The first-order valence-corrected chi connectivity index (χ1v) is 19.1. The summed E-state index contributed by atoms with van der Waals surface area (Å²) in [6.45, 7) is 0. The van der Waals surface area contributed by atoms with Gasteiger partial charge in [-0.3, -0.25) is 0 Å². The van der Waals surface area contributed by atoms with E-state index in [9.17, 15) is 10.5 Å². The van der Waals surface area contributed by atoms with Gasteiger partial charge in [-0.25, -0.2) is 9.97 Å². The van der Waals surface area contributed by atoms with Crippen molar-refractivity contribution in [3.8, 4) is 45.6 Å². The molecule has 1 spiro atoms. The van der Waals surface area contributed by atoms with Gasteiger partial charge in [0.25, 0.3) is 0 Å². The Morgan fingerprint density at radius 2 is 1.44 bits per heavy atom. The summed E-state index contributed by atoms with van der Waals surface area (Å²) < 4.78 is 0. The number of dihydropyridines is 2. The van der Waals surface area contributed by atoms with E-state index in [1.54, 1.807) is 6.20 Å². The lowest BCUT2D eigenvalue weighted by Gasteiger charge is -2.32. The highest BCUT2D eigenvalue weighted by atomic mass is 14.9. The van der Waals surface area contributed by atoms with Gasteiger partial charge in [0.05, 0.1) is 28.9 Å². The molecule has 11 rings (SSSR count). The van der Waals surface area contributed by atoms with Crippen LogP contribution in [0.4, 0.5) is 0 Å². The molecule has 2 aromatic heterocycles. The van der Waals surface area contributed by atoms with E-state index in [1.165, 1.54) is 60.8 Å². The van der Waals surface area contributed by atoms with Gasteiger partial charge in [0.1, 0.15) is 17.8 Å². The maximum atomic E-state index is 9.59. The average molecular weight is 729 g/mol. The number of nitrogens with one attached hydrogen (secondary N) is 2. The third-order valence-corrected chi connectivity index (χ3v) is 11.9. The van der Waals surface area contributed by atoms with Gasteiger partial charge in [-0.05, 0) is 116 Å². The zero-order chi connectivity index (χ0) is 38.1. The van der Waals surface area contributed by atoms with Crippen molar-refractivity contribution in [1.29, 1.82) is 10.5 Å². The Kier molecular flexibility index (Phi) is 7.23. The summed E-state index contributed by atoms with van der Waals surface area (Å²) in [5.74, 6) is 0. The molecular formula is C51H32N6. The second kappa shape index (κ2) is 12.6. The molecule has 4 heterocycles. The fraction of sp³-hybridized carbons (Fsp3) is 0.0588. The molecule has 0 amide bonds. The molecule has 0 radical (unpaired) electrons. The van der Waals surface area contributed by atoms with Gasteiger partial charge in [0, 0.05) is 28.6 Å². The Morgan fingerprint density at radius 3 is 2.25 bits per heavy atom. The molecule has 7 aromatic rings. The largest absolute Gasteiger partial charge is 0.374 e. The number of hydrogen-bond acceptors (Lipinski definition) is 6. The van der Waals surface area contributed by atoms with Crippen LogP contribution >= 0.6 is 0 Å². The SMILES string of the molecule is N#Cc1cc(C2=CC=CC(c3cc4c(c5ccccc35)-c3ccc(-c5cccc(C6=CC(C#N)NC=C6)n5)cc3C43c4ccccc4-c4ccccc43)N2)ccn1. The van der Waals surface area contributed by atoms with E-state index in [0.29, 0.717) is 5.69 Å². The summed E-state index contributed by atoms with van der Waals surface area (Å²) in [5.41, 5.74) is 16.5. The lowest BCUT2D eigenvalue weighted by atomic mass is 9.69. The normalized spacial score (nSPS) is 17.6. The summed E-state index contributed by atoms with van der Waals surface area (Å²) >= 11 is 0. The van der Waals surface area contributed by atoms with E-state index in [1.807, 2.05) is 42.6 Å². The molecule has 2 atom stereocenters. The van der Waals surface area contributed by atoms with Crippen LogP contribution in [0.3, 0.4) is 0 Å². The molecule has 4 aliphatic rings. The minimum atomic E-state index is -0.589. The van der Waals surface area contributed by atoms with Gasteiger partial charge in [0.15, 0.2) is 0 Å². The minimum absolute atomic E-state index is 0.131. The second-order valence-corrected chi connectivity index (χ2v) is 14.8. The first kappa shape index (κ1) is 32.6. The van der Waals surface area contributed by atoms with Crippen molar-refractivity contribution >= 4 is 22.0 Å². The highest BCUT2D eigenvalue weighted by Crippen LogP contribution is 2.64. The molecule has 0 fully saturated rings. The maximum absolute atomic E-state index is 9.59. The molecule has 2 unspecified atom stereocenters. The summed E-state index contributed by atoms with van der Waals surface area (Å²) in [5, 5.41) is 28.5. The number of nitriles is 2. The summed E-state index contributed by atoms with van der Waals surface area (Å²) in [7, 11) is 0. The lowest BCUT2D eigenvalue weighted by molar-refractivity contribution is 0.756. The van der Waals surface area contributed by atoms with Gasteiger partial charge in [0.2, 0.25) is 0 Å². The Bertz CT molecular complexity index is 3030. The van der Waals surface area contributed by atoms with E-state index in [2.05, 4.69) is 149 Å². The molecule has 2 aliphatic heterocycles. The lowest BCUT2D eigenvalue weighted by Crippen LogP contribution is -2.27. The predicted molar refractivity (Wildman–Crippen MR) is 225 cm³/mol. The molecule has 0 bridgehead atoms. The molecule has 0 saturated carbocycles. The zero-order valence-corrected chi connectivity index (χ0v) is 30.6. The topological polar surface area (TPSA) is 97.4 Å². The first-order chi connectivity index (χ1) is 28.1. The van der Waals surface area contributed by atoms with E-state index in [-0.39, 0.29) is 6.04 Å². The van der Waals surface area contributed by atoms with Crippen molar-refractivity contribution in [2.45, 2.75) is 17.5 Å². The monoisotopic (exact) mass is 728 g/mol. The van der Waals surface area contributed by atoms with Gasteiger partial charge in [-0.1, -0.05) is 109 Å². The van der Waals surface area contributed by atoms with Crippen molar-refractivity contribution in [2.75, 3.05) is 0 Å². The maximum Gasteiger partial charge on any atom is 0.141 e. The van der Waals surface area contributed by atoms with E-state index >= 15 is 0 Å². The average Bonchev–Trinajstić information content (AvgIpc) is 3.76. The second-order valence-electron chi connectivity index (χ2n) is 14.8. The molecule has 5 aromatic carbocycles. The van der Waals surface area contributed by atoms with Crippen molar-refractivity contribution in [3.63, 3.8) is 0 Å². The quantitative estimate of drug-likeness (QED) is 0.187. The molecule has 2 aliphatic carbocycles. The van der Waals surface area contributed by atoms with Crippen molar-refractivity contribution in [2.24, 2.45) is 0 Å². The smallest absolute Gasteiger partial charge is 0.141 e. The van der Waals surface area contributed by atoms with Crippen molar-refractivity contribution in [1.82, 2.24) is 20.6 Å². The molecule has 6 nitrogen and oxygen atoms in total. The van der Waals surface area contributed by atoms with Crippen LogP contribution in [0.25, 0.3) is 55.6 Å². The summed E-state index contributed by atoms with van der Waals surface area (Å²) in [6.07, 6.45) is 13.8. The van der Waals surface area contributed by atoms with Gasteiger partial charge >= 0.3 is 0 Å². The minimum Gasteiger partial charge on any atom is -0.374 e. The Morgan fingerprint density at radius 1 is 0.667 bits per heavy atom. The third-order valence-electron chi connectivity index (χ3n) is 11.9. The van der Waals surface area contributed by atoms with Gasteiger partial charge in [-0.2, -0.15) is 10.5 Å². The number of rotatable bonds is 4. The number of fused-ring (bicyclic) bond motifs is 12. The highest BCUT2D eigenvalue weighted by Gasteiger charge is 2.52. The van der Waals surface area contributed by atoms with Crippen molar-refractivity contribution in [3.05, 3.63) is 215 Å². The number of aromatic nitrogens is 2. The van der Waals surface area contributed by atoms with Crippen molar-refractivity contribution < 1.29 is 0 Å². The van der Waals surface area contributed by atoms with Crippen LogP contribution < -0.4 is 10.6 Å². The van der Waals surface area contributed by atoms with Gasteiger partial charge in [-0.15, -0.1) is 0 Å². The fourth-order valence-corrected chi connectivity index (χ4v) is 9.51. The summed E-state index contributed by atoms with van der Waals surface area (Å²) in [6, 6.07) is 49.7. The zero-order valence-electron chi connectivity index (χ0n) is 30.6. The molecule has 57 heavy (non-hydrogen) atoms. The number of benzene rings is 5. The van der Waals surface area contributed by atoms with E-state index < -0.39 is 11.5 Å². The predicted octanol–water partition coefficient (Wildman–Crippen LogP) is 10.1. The third kappa shape index (κ3) is 4.81. The van der Waals surface area contributed by atoms with Gasteiger partial charge < -0.3 is 10.6 Å². The van der Waals surface area contributed by atoms with E-state index in [0.717, 1.165) is 33.8 Å². The van der Waals surface area contributed by atoms with Crippen LogP contribution in [0.2, 0.25) is 0 Å². The first-order valence-electron chi connectivity index (χ1n) is 19.1. The molecule has 266 valence electrons. The van der Waals surface area contributed by atoms with E-state index in [4.69, 9.17) is 4.98 Å². The number of pyridine rings is 2. The van der Waals surface area contributed by atoms with Crippen LogP contribution in [-0.4, -0.2) is 16.0 Å². The van der Waals surface area contributed by atoms with Crippen LogP contribution in [0, 0.1) is 22.7 Å². The number of nitrogens with zero attached hydrogens (tertiary/aromatic N) is 4. The fourth-order valence-electron chi connectivity index (χ4n) is 9.51. The summed E-state index contributed by atoms with van der Waals surface area (Å²) in [4.78, 5) is 9.39.